The van der Waals surface area contributed by atoms with Gasteiger partial charge in [-0.25, -0.2) is 4.39 Å². The molecule has 0 radical (unpaired) electrons. The molecule has 0 aliphatic rings. The summed E-state index contributed by atoms with van der Waals surface area (Å²) in [5.41, 5.74) is 2.09. The number of aliphatic hydroxyl groups is 1. The van der Waals surface area contributed by atoms with Crippen LogP contribution in [0.2, 0.25) is 0 Å². The molecule has 2 aromatic carbocycles. The molecule has 1 N–H and O–H groups in total. The molecule has 0 saturated heterocycles. The number of benzene rings is 2. The van der Waals surface area contributed by atoms with Gasteiger partial charge < -0.3 is 19.5 Å². The highest BCUT2D eigenvalue weighted by Gasteiger charge is 2.35. The van der Waals surface area contributed by atoms with E-state index in [0.29, 0.717) is 22.5 Å². The Labute approximate surface area is 252 Å². The van der Waals surface area contributed by atoms with Crippen LogP contribution in [0.15, 0.2) is 96.9 Å². The Bertz CT molecular complexity index is 1460. The lowest BCUT2D eigenvalue weighted by Gasteiger charge is -2.30. The fourth-order valence-corrected chi connectivity index (χ4v) is 4.29. The number of aromatic nitrogens is 1. The number of carbonyl (C=O) groups is 1. The predicted molar refractivity (Wildman–Crippen MR) is 153 cm³/mol. The van der Waals surface area contributed by atoms with Gasteiger partial charge in [-0.1, -0.05) is 36.1 Å². The van der Waals surface area contributed by atoms with Crippen LogP contribution >= 0.6 is 0 Å². The predicted octanol–water partition coefficient (Wildman–Crippen LogP) is 6.90. The number of carbonyl (C=O) groups excluding carboxylic acids is 1. The van der Waals surface area contributed by atoms with Gasteiger partial charge in [-0.3, -0.25) is 4.98 Å². The van der Waals surface area contributed by atoms with Crippen molar-refractivity contribution in [2.75, 3.05) is 13.2 Å². The minimum absolute atomic E-state index is 0.00951. The second-order valence-electron chi connectivity index (χ2n) is 9.53. The SMILES string of the molecule is C=C(Oc1cccc(OC(F)(F)F)c1)N(Cc1ccc(F)cc1)C(C)=C(CC)N(Cc1cccnc1)C(=O)[N+](=O)CCCO. The van der Waals surface area contributed by atoms with Gasteiger partial charge in [0.25, 0.3) is 0 Å². The van der Waals surface area contributed by atoms with E-state index >= 15 is 0 Å². The largest absolute Gasteiger partial charge is 0.573 e. The first-order valence-electron chi connectivity index (χ1n) is 13.6. The Kier molecular flexibility index (Phi) is 12.0. The van der Waals surface area contributed by atoms with Crippen LogP contribution in [0, 0.1) is 10.7 Å². The molecule has 1 aromatic heterocycles. The summed E-state index contributed by atoms with van der Waals surface area (Å²) in [6.07, 6.45) is -1.44. The third kappa shape index (κ3) is 9.90. The first-order chi connectivity index (χ1) is 20.9. The molecule has 13 heteroatoms. The number of rotatable bonds is 14. The average molecular weight is 618 g/mol. The second kappa shape index (κ2) is 15.6. The van der Waals surface area contributed by atoms with Gasteiger partial charge in [-0.2, -0.15) is 9.69 Å². The summed E-state index contributed by atoms with van der Waals surface area (Å²) < 4.78 is 62.2. The molecule has 0 aliphatic carbocycles. The number of hydrogen-bond acceptors (Lipinski definition) is 7. The molecule has 3 rings (SSSR count). The zero-order chi connectivity index (χ0) is 32.3. The maximum Gasteiger partial charge on any atom is 0.573 e. The number of nitrogens with zero attached hydrogens (tertiary/aromatic N) is 4. The molecule has 9 nitrogen and oxygen atoms in total. The van der Waals surface area contributed by atoms with E-state index < -0.39 is 24.0 Å². The molecule has 3 aromatic rings. The molecular formula is C31H33F4N4O5+. The van der Waals surface area contributed by atoms with Crippen molar-refractivity contribution in [3.05, 3.63) is 119 Å². The van der Waals surface area contributed by atoms with E-state index in [4.69, 9.17) is 4.74 Å². The summed E-state index contributed by atoms with van der Waals surface area (Å²) in [6, 6.07) is 13.1. The molecule has 0 fully saturated rings. The van der Waals surface area contributed by atoms with E-state index in [1.807, 2.05) is 0 Å². The maximum absolute atomic E-state index is 13.7. The minimum atomic E-state index is -4.91. The number of nitroso groups, excluding NO2 is 1. The average Bonchev–Trinajstić information content (AvgIpc) is 2.98. The normalized spacial score (nSPS) is 11.8. The zero-order valence-electron chi connectivity index (χ0n) is 24.3. The van der Waals surface area contributed by atoms with Crippen LogP contribution in [0.25, 0.3) is 0 Å². The molecule has 0 spiro atoms. The van der Waals surface area contributed by atoms with Crippen LogP contribution in [0.5, 0.6) is 11.5 Å². The van der Waals surface area contributed by atoms with Gasteiger partial charge in [0.05, 0.1) is 12.2 Å². The van der Waals surface area contributed by atoms with E-state index in [-0.39, 0.29) is 55.5 Å². The number of ether oxygens (including phenoxy) is 2. The summed E-state index contributed by atoms with van der Waals surface area (Å²) in [6.45, 7) is 6.98. The summed E-state index contributed by atoms with van der Waals surface area (Å²) in [5.74, 6) is -0.995. The Hall–Kier alpha value is -4.78. The highest BCUT2D eigenvalue weighted by atomic mass is 19.4. The summed E-state index contributed by atoms with van der Waals surface area (Å²) in [7, 11) is 0. The highest BCUT2D eigenvalue weighted by Crippen LogP contribution is 2.30. The Balaban J connectivity index is 2.06. The van der Waals surface area contributed by atoms with Gasteiger partial charge in [0, 0.05) is 48.2 Å². The standard InChI is InChI=1S/C31H33F4N4O5/c1-4-29(38(21-25-8-6-15-36-19-25)30(41)39(42)16-7-17-40)22(2)37(20-24-11-13-26(32)14-12-24)23(3)43-27-9-5-10-28(18-27)44-31(33,34)35/h5-6,8-15,18-19,40H,3-4,7,16-17,20-21H2,1-2H3/q+1. The quantitative estimate of drug-likeness (QED) is 0.120. The fourth-order valence-electron chi connectivity index (χ4n) is 4.29. The van der Waals surface area contributed by atoms with E-state index in [2.05, 4.69) is 16.3 Å². The number of pyridine rings is 1. The number of hydrogen-bond donors (Lipinski definition) is 1. The van der Waals surface area contributed by atoms with Gasteiger partial charge in [-0.05, 0) is 49.4 Å². The van der Waals surface area contributed by atoms with Crippen molar-refractivity contribution in [3.63, 3.8) is 0 Å². The smallest absolute Gasteiger partial charge is 0.441 e. The van der Waals surface area contributed by atoms with Gasteiger partial charge in [0.2, 0.25) is 0 Å². The third-order valence-electron chi connectivity index (χ3n) is 6.34. The van der Waals surface area contributed by atoms with Crippen molar-refractivity contribution in [1.29, 1.82) is 0 Å². The van der Waals surface area contributed by atoms with Crippen LogP contribution in [-0.2, 0) is 13.1 Å². The Morgan fingerprint density at radius 1 is 1.02 bits per heavy atom. The van der Waals surface area contributed by atoms with Crippen LogP contribution in [0.4, 0.5) is 22.4 Å². The summed E-state index contributed by atoms with van der Waals surface area (Å²) >= 11 is 0. The monoisotopic (exact) mass is 617 g/mol. The summed E-state index contributed by atoms with van der Waals surface area (Å²) in [4.78, 5) is 33.2. The molecule has 1 heterocycles. The number of allylic oxidation sites excluding steroid dienone is 2. The number of alkyl halides is 3. The molecule has 0 bridgehead atoms. The van der Waals surface area contributed by atoms with Gasteiger partial charge >= 0.3 is 12.4 Å². The topological polar surface area (TPSA) is 95.2 Å². The van der Waals surface area contributed by atoms with Crippen LogP contribution < -0.4 is 9.47 Å². The third-order valence-corrected chi connectivity index (χ3v) is 6.34. The van der Waals surface area contributed by atoms with Crippen molar-refractivity contribution >= 4 is 6.03 Å². The van der Waals surface area contributed by atoms with Crippen molar-refractivity contribution in [3.8, 4) is 11.5 Å². The van der Waals surface area contributed by atoms with Gasteiger partial charge in [0.15, 0.2) is 5.88 Å². The molecule has 2 amide bonds. The minimum Gasteiger partial charge on any atom is -0.441 e. The van der Waals surface area contributed by atoms with E-state index in [9.17, 15) is 32.4 Å². The molecular weight excluding hydrogens is 584 g/mol. The molecule has 0 unspecified atom stereocenters. The van der Waals surface area contributed by atoms with Gasteiger partial charge in [-0.15, -0.1) is 13.2 Å². The lowest BCUT2D eigenvalue weighted by atomic mass is 10.1. The first kappa shape index (κ1) is 33.7. The van der Waals surface area contributed by atoms with Crippen LogP contribution in [0.3, 0.4) is 0 Å². The van der Waals surface area contributed by atoms with Crippen LogP contribution in [-0.4, -0.2) is 50.2 Å². The molecule has 0 saturated carbocycles. The number of amides is 2. The van der Waals surface area contributed by atoms with Gasteiger partial charge in [0.1, 0.15) is 36.1 Å². The van der Waals surface area contributed by atoms with Crippen molar-refractivity contribution < 1.29 is 41.7 Å². The molecule has 44 heavy (non-hydrogen) atoms. The number of urea groups is 1. The number of aliphatic hydroxyl groups excluding tert-OH is 1. The lowest BCUT2D eigenvalue weighted by Crippen LogP contribution is -2.38. The van der Waals surface area contributed by atoms with E-state index in [0.717, 1.165) is 12.1 Å². The molecule has 234 valence electrons. The second-order valence-corrected chi connectivity index (χ2v) is 9.53. The Morgan fingerprint density at radius 2 is 1.70 bits per heavy atom. The van der Waals surface area contributed by atoms with Crippen molar-refractivity contribution in [2.24, 2.45) is 0 Å². The maximum atomic E-state index is 13.7. The Morgan fingerprint density at radius 3 is 2.32 bits per heavy atom. The van der Waals surface area contributed by atoms with E-state index in [1.54, 1.807) is 55.4 Å². The zero-order valence-corrected chi connectivity index (χ0v) is 24.3. The van der Waals surface area contributed by atoms with E-state index in [1.165, 1.54) is 29.2 Å². The first-order valence-corrected chi connectivity index (χ1v) is 13.6. The molecule has 0 atom stereocenters. The molecule has 0 aliphatic heterocycles. The van der Waals surface area contributed by atoms with Crippen molar-refractivity contribution in [1.82, 2.24) is 14.8 Å². The lowest BCUT2D eigenvalue weighted by molar-refractivity contribution is -0.459. The fraction of sp³-hybridized carbons (Fsp3) is 0.290. The van der Waals surface area contributed by atoms with Crippen LogP contribution in [0.1, 0.15) is 37.8 Å². The van der Waals surface area contributed by atoms with Crippen molar-refractivity contribution in [2.45, 2.75) is 46.1 Å². The number of halogens is 4. The highest BCUT2D eigenvalue weighted by molar-refractivity contribution is 5.68. The summed E-state index contributed by atoms with van der Waals surface area (Å²) in [5, 5.41) is 9.17.